The van der Waals surface area contributed by atoms with Gasteiger partial charge in [0.1, 0.15) is 0 Å². The van der Waals surface area contributed by atoms with Crippen LogP contribution in [0.1, 0.15) is 38.7 Å². The number of rotatable bonds is 11. The number of carbonyl (C=O) groups excluding carboxylic acids is 3. The zero-order valence-corrected chi connectivity index (χ0v) is 20.4. The minimum atomic E-state index is -1.27. The van der Waals surface area contributed by atoms with Crippen molar-refractivity contribution in [3.63, 3.8) is 0 Å². The summed E-state index contributed by atoms with van der Waals surface area (Å²) in [5, 5.41) is 13.5. The second kappa shape index (κ2) is 14.0. The minimum absolute atomic E-state index is 0. The van der Waals surface area contributed by atoms with Crippen molar-refractivity contribution in [2.45, 2.75) is 45.6 Å². The molecule has 6 nitrogen and oxygen atoms in total. The van der Waals surface area contributed by atoms with E-state index in [1.165, 1.54) is 0 Å². The van der Waals surface area contributed by atoms with Crippen LogP contribution in [0.15, 0.2) is 54.6 Å². The Morgan fingerprint density at radius 1 is 0.968 bits per heavy atom. The van der Waals surface area contributed by atoms with Gasteiger partial charge in [-0.05, 0) is 42.9 Å². The quantitative estimate of drug-likeness (QED) is 0.381. The fraction of sp³-hybridized carbons (Fsp3) is 0.375. The van der Waals surface area contributed by atoms with E-state index in [1.807, 2.05) is 54.6 Å². The molecule has 1 N–H and O–H groups in total. The first-order valence-electron chi connectivity index (χ1n) is 10.2. The zero-order valence-electron chi connectivity index (χ0n) is 18.4. The van der Waals surface area contributed by atoms with Crippen LogP contribution in [-0.2, 0) is 25.5 Å². The standard InChI is InChI=1S/C24H29NO5.Na/c1-3-30-24(29)17(2)15-21(25-22(26)13-14-23(27)28)16-18-9-11-20(12-10-18)19-7-5-4-6-8-19;/h4-12,17,21H,3,13-16H2,1-2H3,(H,25,26)(H,27,28);/q;+1/p-1/t17-,21?;/m1./s1. The molecule has 2 aromatic carbocycles. The van der Waals surface area contributed by atoms with Gasteiger partial charge in [-0.25, -0.2) is 0 Å². The van der Waals surface area contributed by atoms with Crippen LogP contribution < -0.4 is 40.0 Å². The van der Waals surface area contributed by atoms with Crippen molar-refractivity contribution in [3.05, 3.63) is 60.2 Å². The van der Waals surface area contributed by atoms with Crippen molar-refractivity contribution in [3.8, 4) is 11.1 Å². The van der Waals surface area contributed by atoms with Crippen molar-refractivity contribution in [1.29, 1.82) is 0 Å². The molecule has 7 heteroatoms. The largest absolute Gasteiger partial charge is 1.00 e. The molecule has 0 saturated carbocycles. The number of hydrogen-bond donors (Lipinski definition) is 1. The van der Waals surface area contributed by atoms with Gasteiger partial charge in [-0.3, -0.25) is 9.59 Å². The Balaban J connectivity index is 0.00000480. The van der Waals surface area contributed by atoms with Crippen molar-refractivity contribution >= 4 is 17.8 Å². The molecule has 0 aromatic heterocycles. The number of carbonyl (C=O) groups is 3. The van der Waals surface area contributed by atoms with Gasteiger partial charge in [0, 0.05) is 18.4 Å². The first kappa shape index (κ1) is 26.9. The molecular formula is C24H28NNaO5. The number of carboxylic acid groups (broad SMARTS) is 1. The molecular weight excluding hydrogens is 405 g/mol. The van der Waals surface area contributed by atoms with Gasteiger partial charge in [0.2, 0.25) is 5.91 Å². The monoisotopic (exact) mass is 433 g/mol. The van der Waals surface area contributed by atoms with Crippen LogP contribution in [0.3, 0.4) is 0 Å². The van der Waals surface area contributed by atoms with Gasteiger partial charge in [-0.2, -0.15) is 0 Å². The summed E-state index contributed by atoms with van der Waals surface area (Å²) in [6, 6.07) is 17.7. The molecule has 160 valence electrons. The van der Waals surface area contributed by atoms with E-state index in [2.05, 4.69) is 5.32 Å². The number of esters is 1. The van der Waals surface area contributed by atoms with Crippen LogP contribution in [0.2, 0.25) is 0 Å². The van der Waals surface area contributed by atoms with E-state index < -0.39 is 5.97 Å². The maximum atomic E-state index is 12.1. The van der Waals surface area contributed by atoms with Crippen LogP contribution in [0, 0.1) is 5.92 Å². The molecule has 1 amide bonds. The second-order valence-corrected chi connectivity index (χ2v) is 7.29. The van der Waals surface area contributed by atoms with E-state index >= 15 is 0 Å². The maximum Gasteiger partial charge on any atom is 1.00 e. The van der Waals surface area contributed by atoms with Crippen molar-refractivity contribution in [2.75, 3.05) is 6.61 Å². The molecule has 0 aliphatic rings. The Hall–Kier alpha value is -2.15. The van der Waals surface area contributed by atoms with Crippen LogP contribution in [0.5, 0.6) is 0 Å². The first-order valence-corrected chi connectivity index (χ1v) is 10.2. The molecule has 2 atom stereocenters. The average molecular weight is 433 g/mol. The Morgan fingerprint density at radius 3 is 2.16 bits per heavy atom. The van der Waals surface area contributed by atoms with E-state index in [0.29, 0.717) is 19.4 Å². The second-order valence-electron chi connectivity index (χ2n) is 7.29. The van der Waals surface area contributed by atoms with Crippen LogP contribution in [0.25, 0.3) is 11.1 Å². The Kier molecular flexibility index (Phi) is 12.2. The van der Waals surface area contributed by atoms with Gasteiger partial charge in [0.15, 0.2) is 0 Å². The molecule has 0 saturated heterocycles. The predicted molar refractivity (Wildman–Crippen MR) is 112 cm³/mol. The Labute approximate surface area is 205 Å². The molecule has 31 heavy (non-hydrogen) atoms. The molecule has 0 spiro atoms. The summed E-state index contributed by atoms with van der Waals surface area (Å²) < 4.78 is 5.07. The fourth-order valence-corrected chi connectivity index (χ4v) is 3.26. The summed E-state index contributed by atoms with van der Waals surface area (Å²) in [4.78, 5) is 34.8. The van der Waals surface area contributed by atoms with Crippen LogP contribution >= 0.6 is 0 Å². The maximum absolute atomic E-state index is 12.1. The number of carboxylic acids is 1. The molecule has 0 fully saturated rings. The van der Waals surface area contributed by atoms with E-state index in [-0.39, 0.29) is 66.2 Å². The van der Waals surface area contributed by atoms with E-state index in [9.17, 15) is 19.5 Å². The summed E-state index contributed by atoms with van der Waals surface area (Å²) in [7, 11) is 0. The smallest absolute Gasteiger partial charge is 0.550 e. The van der Waals surface area contributed by atoms with Gasteiger partial charge < -0.3 is 20.0 Å². The van der Waals surface area contributed by atoms with Gasteiger partial charge >= 0.3 is 35.5 Å². The average Bonchev–Trinajstić information content (AvgIpc) is 2.73. The van der Waals surface area contributed by atoms with E-state index in [4.69, 9.17) is 4.74 Å². The van der Waals surface area contributed by atoms with Gasteiger partial charge in [0.25, 0.3) is 0 Å². The summed E-state index contributed by atoms with van der Waals surface area (Å²) in [6.45, 7) is 3.81. The Morgan fingerprint density at radius 2 is 1.58 bits per heavy atom. The van der Waals surface area contributed by atoms with Crippen LogP contribution in [0.4, 0.5) is 0 Å². The van der Waals surface area contributed by atoms with E-state index in [1.54, 1.807) is 13.8 Å². The topological polar surface area (TPSA) is 95.5 Å². The molecule has 0 bridgehead atoms. The van der Waals surface area contributed by atoms with E-state index in [0.717, 1.165) is 16.7 Å². The molecule has 0 radical (unpaired) electrons. The molecule has 0 aliphatic heterocycles. The fourth-order valence-electron chi connectivity index (χ4n) is 3.26. The van der Waals surface area contributed by atoms with Crippen molar-refractivity contribution in [1.82, 2.24) is 5.32 Å². The Bertz CT molecular complexity index is 839. The number of aliphatic carboxylic acids is 1. The number of amides is 1. The van der Waals surface area contributed by atoms with Gasteiger partial charge in [-0.15, -0.1) is 0 Å². The predicted octanol–water partition coefficient (Wildman–Crippen LogP) is -0.496. The third kappa shape index (κ3) is 9.68. The number of benzene rings is 2. The third-order valence-corrected chi connectivity index (χ3v) is 4.79. The molecule has 1 unspecified atom stereocenters. The molecule has 0 heterocycles. The molecule has 2 rings (SSSR count). The summed E-state index contributed by atoms with van der Waals surface area (Å²) >= 11 is 0. The van der Waals surface area contributed by atoms with Gasteiger partial charge in [-0.1, -0.05) is 61.5 Å². The van der Waals surface area contributed by atoms with Crippen molar-refractivity contribution < 1.29 is 53.8 Å². The van der Waals surface area contributed by atoms with Gasteiger partial charge in [0.05, 0.1) is 12.5 Å². The molecule has 0 aliphatic carbocycles. The normalized spacial score (nSPS) is 12.2. The third-order valence-electron chi connectivity index (χ3n) is 4.79. The number of ether oxygens (including phenoxy) is 1. The summed E-state index contributed by atoms with van der Waals surface area (Å²) in [6.07, 6.45) is 0.434. The minimum Gasteiger partial charge on any atom is -0.550 e. The summed E-state index contributed by atoms with van der Waals surface area (Å²) in [5.41, 5.74) is 3.22. The number of nitrogens with one attached hydrogen (secondary N) is 1. The molecule has 2 aromatic rings. The SMILES string of the molecule is CCOC(=O)[C@H](C)CC(Cc1ccc(-c2ccccc2)cc1)NC(=O)CCC(=O)[O-].[Na+]. The summed E-state index contributed by atoms with van der Waals surface area (Å²) in [5.74, 6) is -2.34. The van der Waals surface area contributed by atoms with Crippen molar-refractivity contribution in [2.24, 2.45) is 5.92 Å². The van der Waals surface area contributed by atoms with Crippen LogP contribution in [-0.4, -0.2) is 30.5 Å². The first-order chi connectivity index (χ1) is 14.4. The number of hydrogen-bond acceptors (Lipinski definition) is 5. The zero-order chi connectivity index (χ0) is 21.9.